The van der Waals surface area contributed by atoms with Gasteiger partial charge in [0.1, 0.15) is 0 Å². The molecule has 0 unspecified atom stereocenters. The molecule has 2 rings (SSSR count). The zero-order valence-electron chi connectivity index (χ0n) is 11.2. The van der Waals surface area contributed by atoms with Crippen LogP contribution in [0, 0.1) is 6.92 Å². The fourth-order valence-electron chi connectivity index (χ4n) is 1.52. The Labute approximate surface area is 129 Å². The predicted molar refractivity (Wildman–Crippen MR) is 77.1 cm³/mol. The van der Waals surface area contributed by atoms with Crippen molar-refractivity contribution in [3.63, 3.8) is 0 Å². The number of rotatable bonds is 4. The van der Waals surface area contributed by atoms with Gasteiger partial charge in [0.25, 0.3) is 5.91 Å². The Bertz CT molecular complexity index is 639. The minimum atomic E-state index is -0.385. The molecule has 0 aliphatic carbocycles. The van der Waals surface area contributed by atoms with Gasteiger partial charge in [-0.3, -0.25) is 20.4 Å². The predicted octanol–water partition coefficient (Wildman–Crippen LogP) is 1.53. The maximum absolute atomic E-state index is 11.8. The number of amides is 2. The largest absolute Gasteiger partial charge is 0.339 e. The second-order valence-electron chi connectivity index (χ2n) is 4.24. The van der Waals surface area contributed by atoms with E-state index in [1.54, 1.807) is 31.2 Å². The van der Waals surface area contributed by atoms with Gasteiger partial charge in [-0.15, -0.1) is 0 Å². The monoisotopic (exact) mass is 352 g/mol. The summed E-state index contributed by atoms with van der Waals surface area (Å²) in [5, 5.41) is 3.62. The Morgan fingerprint density at radius 3 is 2.57 bits per heavy atom. The summed E-state index contributed by atoms with van der Waals surface area (Å²) in [4.78, 5) is 27.3. The highest BCUT2D eigenvalue weighted by Gasteiger charge is 2.09. The number of benzene rings is 1. The van der Waals surface area contributed by atoms with Gasteiger partial charge in [-0.2, -0.15) is 4.98 Å². The Hall–Kier alpha value is -2.22. The Morgan fingerprint density at radius 2 is 1.95 bits per heavy atom. The van der Waals surface area contributed by atoms with E-state index in [9.17, 15) is 9.59 Å². The lowest BCUT2D eigenvalue weighted by Gasteiger charge is -2.06. The molecule has 0 spiro atoms. The number of aromatic nitrogens is 2. The van der Waals surface area contributed by atoms with Crippen LogP contribution in [0.3, 0.4) is 0 Å². The van der Waals surface area contributed by atoms with E-state index in [0.29, 0.717) is 23.7 Å². The van der Waals surface area contributed by atoms with Gasteiger partial charge in [0.2, 0.25) is 11.8 Å². The first-order valence-corrected chi connectivity index (χ1v) is 6.98. The van der Waals surface area contributed by atoms with E-state index < -0.39 is 0 Å². The van der Waals surface area contributed by atoms with Gasteiger partial charge in [-0.25, -0.2) is 0 Å². The summed E-state index contributed by atoms with van der Waals surface area (Å²) in [6.45, 7) is 1.70. The van der Waals surface area contributed by atoms with E-state index in [1.807, 2.05) is 0 Å². The molecule has 110 valence electrons. The highest BCUT2D eigenvalue weighted by atomic mass is 79.9. The van der Waals surface area contributed by atoms with Crippen LogP contribution in [0.2, 0.25) is 0 Å². The van der Waals surface area contributed by atoms with E-state index in [2.05, 4.69) is 36.9 Å². The third-order valence-corrected chi connectivity index (χ3v) is 3.09. The molecular weight excluding hydrogens is 340 g/mol. The summed E-state index contributed by atoms with van der Waals surface area (Å²) >= 11 is 3.28. The normalized spacial score (nSPS) is 10.2. The number of carbonyl (C=O) groups is 2. The van der Waals surface area contributed by atoms with Crippen molar-refractivity contribution in [2.24, 2.45) is 0 Å². The van der Waals surface area contributed by atoms with Crippen LogP contribution in [0.15, 0.2) is 33.3 Å². The molecule has 8 heteroatoms. The number of halogens is 1. The highest BCUT2D eigenvalue weighted by Crippen LogP contribution is 2.10. The number of nitrogens with zero attached hydrogens (tertiary/aromatic N) is 2. The zero-order valence-corrected chi connectivity index (χ0v) is 12.8. The molecule has 1 heterocycles. The smallest absolute Gasteiger partial charge is 0.269 e. The number of carbonyl (C=O) groups excluding carboxylic acids is 2. The molecule has 0 radical (unpaired) electrons. The van der Waals surface area contributed by atoms with Gasteiger partial charge in [-0.05, 0) is 31.2 Å². The maximum atomic E-state index is 11.8. The van der Waals surface area contributed by atoms with Crippen LogP contribution in [0.25, 0.3) is 0 Å². The number of hydrogen-bond donors (Lipinski definition) is 2. The van der Waals surface area contributed by atoms with Crippen LogP contribution in [0.4, 0.5) is 0 Å². The van der Waals surface area contributed by atoms with Gasteiger partial charge in [0.15, 0.2) is 5.82 Å². The topological polar surface area (TPSA) is 97.1 Å². The molecule has 2 N–H and O–H groups in total. The average Bonchev–Trinajstić information content (AvgIpc) is 2.89. The van der Waals surface area contributed by atoms with Gasteiger partial charge in [-0.1, -0.05) is 21.1 Å². The lowest BCUT2D eigenvalue weighted by atomic mass is 10.2. The van der Waals surface area contributed by atoms with E-state index >= 15 is 0 Å². The Balaban J connectivity index is 1.75. The van der Waals surface area contributed by atoms with E-state index in [0.717, 1.165) is 4.47 Å². The standard InChI is InChI=1S/C13H13BrN4O3/c1-8-15-12(21-18-8)7-6-11(19)16-17-13(20)9-2-4-10(14)5-3-9/h2-5H,6-7H2,1H3,(H,16,19)(H,17,20). The van der Waals surface area contributed by atoms with Crippen molar-refractivity contribution in [3.05, 3.63) is 46.0 Å². The molecule has 21 heavy (non-hydrogen) atoms. The fraction of sp³-hybridized carbons (Fsp3) is 0.231. The van der Waals surface area contributed by atoms with Crippen molar-refractivity contribution in [3.8, 4) is 0 Å². The first-order chi connectivity index (χ1) is 10.0. The summed E-state index contributed by atoms with van der Waals surface area (Å²) in [7, 11) is 0. The van der Waals surface area contributed by atoms with E-state index in [1.165, 1.54) is 0 Å². The molecule has 0 bridgehead atoms. The van der Waals surface area contributed by atoms with E-state index in [-0.39, 0.29) is 18.2 Å². The fourth-order valence-corrected chi connectivity index (χ4v) is 1.79. The average molecular weight is 353 g/mol. The molecule has 0 aliphatic heterocycles. The van der Waals surface area contributed by atoms with Gasteiger partial charge >= 0.3 is 0 Å². The summed E-state index contributed by atoms with van der Waals surface area (Å²) in [5.74, 6) is 0.191. The molecule has 0 atom stereocenters. The lowest BCUT2D eigenvalue weighted by molar-refractivity contribution is -0.121. The summed E-state index contributed by atoms with van der Waals surface area (Å²) in [5.41, 5.74) is 5.12. The minimum Gasteiger partial charge on any atom is -0.339 e. The minimum absolute atomic E-state index is 0.141. The Kier molecular flexibility index (Phi) is 5.04. The van der Waals surface area contributed by atoms with E-state index in [4.69, 9.17) is 4.52 Å². The molecule has 2 amide bonds. The molecule has 0 saturated heterocycles. The third-order valence-electron chi connectivity index (χ3n) is 2.56. The molecule has 1 aromatic carbocycles. The highest BCUT2D eigenvalue weighted by molar-refractivity contribution is 9.10. The second kappa shape index (κ2) is 6.98. The van der Waals surface area contributed by atoms with Crippen molar-refractivity contribution < 1.29 is 14.1 Å². The molecular formula is C13H13BrN4O3. The van der Waals surface area contributed by atoms with Gasteiger partial charge < -0.3 is 4.52 Å². The number of hydrazine groups is 1. The van der Waals surface area contributed by atoms with Crippen LogP contribution < -0.4 is 10.9 Å². The second-order valence-corrected chi connectivity index (χ2v) is 5.16. The summed E-state index contributed by atoms with van der Waals surface area (Å²) in [6.07, 6.45) is 0.461. The third kappa shape index (κ3) is 4.67. The zero-order chi connectivity index (χ0) is 15.2. The number of nitrogens with one attached hydrogen (secondary N) is 2. The summed E-state index contributed by atoms with van der Waals surface area (Å²) in [6, 6.07) is 6.78. The van der Waals surface area contributed by atoms with Crippen molar-refractivity contribution >= 4 is 27.7 Å². The van der Waals surface area contributed by atoms with Crippen LogP contribution in [-0.4, -0.2) is 22.0 Å². The number of aryl methyl sites for hydroxylation is 2. The van der Waals surface area contributed by atoms with Crippen LogP contribution in [0.1, 0.15) is 28.5 Å². The van der Waals surface area contributed by atoms with Crippen LogP contribution in [-0.2, 0) is 11.2 Å². The Morgan fingerprint density at radius 1 is 1.24 bits per heavy atom. The summed E-state index contributed by atoms with van der Waals surface area (Å²) < 4.78 is 5.76. The van der Waals surface area contributed by atoms with Crippen LogP contribution in [0.5, 0.6) is 0 Å². The SMILES string of the molecule is Cc1noc(CCC(=O)NNC(=O)c2ccc(Br)cc2)n1. The molecule has 0 fully saturated rings. The van der Waals surface area contributed by atoms with Crippen molar-refractivity contribution in [2.45, 2.75) is 19.8 Å². The maximum Gasteiger partial charge on any atom is 0.269 e. The molecule has 7 nitrogen and oxygen atoms in total. The van der Waals surface area contributed by atoms with Crippen molar-refractivity contribution in [1.29, 1.82) is 0 Å². The quantitative estimate of drug-likeness (QED) is 0.813. The molecule has 0 saturated carbocycles. The molecule has 1 aromatic heterocycles. The van der Waals surface area contributed by atoms with Crippen LogP contribution >= 0.6 is 15.9 Å². The first-order valence-electron chi connectivity index (χ1n) is 6.18. The van der Waals surface area contributed by atoms with Crippen molar-refractivity contribution in [1.82, 2.24) is 21.0 Å². The molecule has 2 aromatic rings. The van der Waals surface area contributed by atoms with Gasteiger partial charge in [0.05, 0.1) is 0 Å². The van der Waals surface area contributed by atoms with Crippen molar-refractivity contribution in [2.75, 3.05) is 0 Å². The number of hydrogen-bond acceptors (Lipinski definition) is 5. The molecule has 0 aliphatic rings. The van der Waals surface area contributed by atoms with Gasteiger partial charge in [0, 0.05) is 22.9 Å². The lowest BCUT2D eigenvalue weighted by Crippen LogP contribution is -2.41. The first kappa shape index (κ1) is 15.2.